The molecule has 0 spiro atoms. The number of nitrogens with zero attached hydrogens (tertiary/aromatic N) is 3. The van der Waals surface area contributed by atoms with E-state index in [0.29, 0.717) is 16.5 Å². The number of rotatable bonds is 7. The summed E-state index contributed by atoms with van der Waals surface area (Å²) in [6, 6.07) is 24.6. The van der Waals surface area contributed by atoms with Crippen molar-refractivity contribution >= 4 is 50.0 Å². The van der Waals surface area contributed by atoms with Crippen LogP contribution in [0.15, 0.2) is 72.8 Å². The molecule has 4 aromatic carbocycles. The minimum absolute atomic E-state index is 0.565. The Balaban J connectivity index is 1.37. The predicted molar refractivity (Wildman–Crippen MR) is 183 cm³/mol. The number of hydrogen-bond acceptors (Lipinski definition) is 5. The Kier molecular flexibility index (Phi) is 7.31. The number of halogens is 1. The zero-order valence-electron chi connectivity index (χ0n) is 25.9. The fraction of sp³-hybridized carbons (Fsp3) is 0.270. The van der Waals surface area contributed by atoms with Crippen molar-refractivity contribution in [2.24, 2.45) is 7.05 Å². The number of carboxylic acid groups (broad SMARTS) is 1. The van der Waals surface area contributed by atoms with Crippen LogP contribution in [0.25, 0.3) is 53.9 Å². The molecule has 1 aliphatic rings. The number of fused-ring (bicyclic) bond motifs is 2. The Morgan fingerprint density at radius 1 is 1.00 bits per heavy atom. The lowest BCUT2D eigenvalue weighted by Crippen LogP contribution is -2.28. The fourth-order valence-electron chi connectivity index (χ4n) is 6.12. The monoisotopic (exact) mass is 635 g/mol. The van der Waals surface area contributed by atoms with Gasteiger partial charge in [-0.3, -0.25) is 4.68 Å². The Bertz CT molecular complexity index is 2100. The summed E-state index contributed by atoms with van der Waals surface area (Å²) in [5.41, 5.74) is 8.88. The minimum Gasteiger partial charge on any atom is -0.479 e. The van der Waals surface area contributed by atoms with Crippen molar-refractivity contribution < 1.29 is 14.6 Å². The van der Waals surface area contributed by atoms with Crippen LogP contribution in [0.3, 0.4) is 0 Å². The molecule has 2 aromatic heterocycles. The lowest BCUT2D eigenvalue weighted by molar-refractivity contribution is -0.160. The molecule has 0 unspecified atom stereocenters. The van der Waals surface area contributed by atoms with Crippen molar-refractivity contribution in [1.82, 2.24) is 14.8 Å². The Morgan fingerprint density at radius 3 is 2.38 bits per heavy atom. The van der Waals surface area contributed by atoms with Crippen molar-refractivity contribution in [3.63, 3.8) is 0 Å². The number of aromatic nitrogens is 3. The number of carboxylic acids is 1. The molecule has 228 valence electrons. The van der Waals surface area contributed by atoms with Crippen LogP contribution in [0.4, 0.5) is 0 Å². The first-order chi connectivity index (χ1) is 21.5. The van der Waals surface area contributed by atoms with Crippen molar-refractivity contribution in [2.75, 3.05) is 0 Å². The van der Waals surface area contributed by atoms with Gasteiger partial charge in [0.1, 0.15) is 5.01 Å². The highest BCUT2D eigenvalue weighted by atomic mass is 35.5. The highest BCUT2D eigenvalue weighted by Crippen LogP contribution is 2.46. The molecule has 0 aliphatic heterocycles. The summed E-state index contributed by atoms with van der Waals surface area (Å²) in [7, 11) is 2.01. The summed E-state index contributed by atoms with van der Waals surface area (Å²) in [4.78, 5) is 17.8. The van der Waals surface area contributed by atoms with E-state index < -0.39 is 17.7 Å². The summed E-state index contributed by atoms with van der Waals surface area (Å²) < 4.78 is 9.07. The van der Waals surface area contributed by atoms with Crippen LogP contribution >= 0.6 is 22.9 Å². The van der Waals surface area contributed by atoms with Crippen LogP contribution in [0.2, 0.25) is 5.02 Å². The Morgan fingerprint density at radius 2 is 1.69 bits per heavy atom. The van der Waals surface area contributed by atoms with Gasteiger partial charge < -0.3 is 9.84 Å². The first kappa shape index (κ1) is 29.7. The molecule has 0 bridgehead atoms. The number of aryl methyl sites for hydroxylation is 2. The number of carbonyl (C=O) groups is 1. The van der Waals surface area contributed by atoms with Crippen LogP contribution in [-0.2, 0) is 16.6 Å². The maximum Gasteiger partial charge on any atom is 0.337 e. The summed E-state index contributed by atoms with van der Waals surface area (Å²) in [5, 5.41) is 17.9. The molecule has 45 heavy (non-hydrogen) atoms. The molecular weight excluding hydrogens is 602 g/mol. The van der Waals surface area contributed by atoms with Gasteiger partial charge in [-0.2, -0.15) is 5.10 Å². The number of thiazole rings is 1. The lowest BCUT2D eigenvalue weighted by Gasteiger charge is -2.28. The SMILES string of the molecule is Cc1cc2nc(-c3cccc(-c4ccc5c(c4)c(C4CC4)nn5C)c3)sc2c(-c2ccc(Cl)cc2)c1[C@H](OC(C)(C)C)C(=O)O. The highest BCUT2D eigenvalue weighted by Gasteiger charge is 2.32. The van der Waals surface area contributed by atoms with Gasteiger partial charge in [0, 0.05) is 40.1 Å². The van der Waals surface area contributed by atoms with Crippen molar-refractivity contribution in [1.29, 1.82) is 0 Å². The van der Waals surface area contributed by atoms with Crippen LogP contribution < -0.4 is 0 Å². The van der Waals surface area contributed by atoms with E-state index in [-0.39, 0.29) is 0 Å². The molecule has 2 heterocycles. The number of aliphatic carboxylic acids is 1. The van der Waals surface area contributed by atoms with E-state index in [2.05, 4.69) is 42.5 Å². The van der Waals surface area contributed by atoms with Crippen molar-refractivity contribution in [3.05, 3.63) is 94.6 Å². The first-order valence-electron chi connectivity index (χ1n) is 15.1. The third-order valence-electron chi connectivity index (χ3n) is 8.30. The molecule has 1 saturated carbocycles. The maximum atomic E-state index is 12.7. The second kappa shape index (κ2) is 11.1. The molecule has 1 aliphatic carbocycles. The second-order valence-electron chi connectivity index (χ2n) is 12.9. The van der Waals surface area contributed by atoms with E-state index in [1.807, 2.05) is 69.8 Å². The summed E-state index contributed by atoms with van der Waals surface area (Å²) in [5.74, 6) is -0.466. The topological polar surface area (TPSA) is 77.2 Å². The van der Waals surface area contributed by atoms with Gasteiger partial charge in [0.15, 0.2) is 6.10 Å². The summed E-state index contributed by atoms with van der Waals surface area (Å²) >= 11 is 7.83. The molecule has 1 atom stereocenters. The quantitative estimate of drug-likeness (QED) is 0.189. The van der Waals surface area contributed by atoms with Gasteiger partial charge in [0.2, 0.25) is 0 Å². The summed E-state index contributed by atoms with van der Waals surface area (Å²) in [6.07, 6.45) is 1.26. The third kappa shape index (κ3) is 5.65. The van der Waals surface area contributed by atoms with Crippen LogP contribution in [0, 0.1) is 6.92 Å². The van der Waals surface area contributed by atoms with E-state index in [4.69, 9.17) is 26.4 Å². The standard InChI is InChI=1S/C37H34ClN3O3S/c1-20-17-28-34(31(21-11-14-26(38)15-12-21)30(20)33(36(42)43)44-37(2,3)4)45-35(39-28)25-8-6-7-23(18-25)24-13-16-29-27(19-24)32(22-9-10-22)40-41(29)5/h6-8,11-19,22,33H,9-10H2,1-5H3,(H,42,43)/t33-/m0/s1. The Labute approximate surface area is 271 Å². The van der Waals surface area contributed by atoms with Gasteiger partial charge in [-0.25, -0.2) is 9.78 Å². The molecule has 0 saturated heterocycles. The summed E-state index contributed by atoms with van der Waals surface area (Å²) in [6.45, 7) is 7.54. The zero-order chi connectivity index (χ0) is 31.6. The normalized spacial score (nSPS) is 14.4. The fourth-order valence-corrected chi connectivity index (χ4v) is 7.37. The van der Waals surface area contributed by atoms with Crippen LogP contribution in [-0.4, -0.2) is 31.4 Å². The van der Waals surface area contributed by atoms with Crippen LogP contribution in [0.5, 0.6) is 0 Å². The molecule has 1 N–H and O–H groups in total. The predicted octanol–water partition coefficient (Wildman–Crippen LogP) is 9.96. The van der Waals surface area contributed by atoms with Gasteiger partial charge in [0.25, 0.3) is 0 Å². The van der Waals surface area contributed by atoms with E-state index in [1.54, 1.807) is 11.3 Å². The van der Waals surface area contributed by atoms with E-state index in [9.17, 15) is 9.90 Å². The van der Waals surface area contributed by atoms with Crippen molar-refractivity contribution in [3.8, 4) is 32.8 Å². The smallest absolute Gasteiger partial charge is 0.337 e. The van der Waals surface area contributed by atoms with Gasteiger partial charge >= 0.3 is 5.97 Å². The first-order valence-corrected chi connectivity index (χ1v) is 16.3. The minimum atomic E-state index is -1.16. The number of ether oxygens (including phenoxy) is 1. The number of hydrogen-bond donors (Lipinski definition) is 1. The molecule has 8 heteroatoms. The molecule has 0 amide bonds. The molecule has 7 rings (SSSR count). The average molecular weight is 636 g/mol. The second-order valence-corrected chi connectivity index (χ2v) is 14.3. The van der Waals surface area contributed by atoms with Gasteiger partial charge in [0.05, 0.1) is 27.0 Å². The highest BCUT2D eigenvalue weighted by molar-refractivity contribution is 7.22. The van der Waals surface area contributed by atoms with E-state index in [0.717, 1.165) is 54.1 Å². The van der Waals surface area contributed by atoms with Crippen LogP contribution in [0.1, 0.15) is 62.5 Å². The molecule has 6 nitrogen and oxygen atoms in total. The van der Waals surface area contributed by atoms with E-state index in [1.165, 1.54) is 23.9 Å². The largest absolute Gasteiger partial charge is 0.479 e. The zero-order valence-corrected chi connectivity index (χ0v) is 27.5. The van der Waals surface area contributed by atoms with E-state index >= 15 is 0 Å². The third-order valence-corrected chi connectivity index (χ3v) is 9.69. The lowest BCUT2D eigenvalue weighted by atomic mass is 9.91. The molecule has 6 aromatic rings. The number of benzene rings is 4. The maximum absolute atomic E-state index is 12.7. The van der Waals surface area contributed by atoms with Gasteiger partial charge in [-0.15, -0.1) is 11.3 Å². The molecule has 1 fully saturated rings. The molecular formula is C37H34ClN3O3S. The average Bonchev–Trinajstić information content (AvgIpc) is 3.67. The van der Waals surface area contributed by atoms with Gasteiger partial charge in [-0.1, -0.05) is 48.0 Å². The van der Waals surface area contributed by atoms with Gasteiger partial charge in [-0.05, 0) is 99.2 Å². The van der Waals surface area contributed by atoms with Crippen molar-refractivity contribution in [2.45, 2.75) is 58.2 Å². The molecule has 0 radical (unpaired) electrons. The Hall–Kier alpha value is -4.04.